The van der Waals surface area contributed by atoms with Gasteiger partial charge < -0.3 is 15.2 Å². The first kappa shape index (κ1) is 22.5. The summed E-state index contributed by atoms with van der Waals surface area (Å²) in [6, 6.07) is 12.5. The number of aldehydes is 1. The molecule has 0 spiro atoms. The van der Waals surface area contributed by atoms with E-state index in [0.29, 0.717) is 23.3 Å². The molecule has 0 bridgehead atoms. The normalized spacial score (nSPS) is 14.6. The standard InChI is InChI=1S/C16H17NO2S.C8H7FO2/c1-17-15-14(16(18)19)13(9-20-15)12-7-6-10-4-2-3-5-11(10)8-12;1-11-8-3-2-6(5-10)4-7(8)9/h2-5,9,12,17H,6-8H2,1H3,(H,18,19);2-5H,1H3. The lowest BCUT2D eigenvalue weighted by atomic mass is 9.80. The van der Waals surface area contributed by atoms with E-state index in [0.717, 1.165) is 35.9 Å². The third kappa shape index (κ3) is 5.11. The maximum Gasteiger partial charge on any atom is 0.338 e. The Morgan fingerprint density at radius 2 is 2.00 bits per heavy atom. The molecule has 0 saturated carbocycles. The minimum atomic E-state index is -0.829. The van der Waals surface area contributed by atoms with E-state index < -0.39 is 11.8 Å². The Morgan fingerprint density at radius 3 is 2.61 bits per heavy atom. The van der Waals surface area contributed by atoms with Gasteiger partial charge in [-0.05, 0) is 65.4 Å². The van der Waals surface area contributed by atoms with Gasteiger partial charge in [-0.15, -0.1) is 11.3 Å². The minimum Gasteiger partial charge on any atom is -0.494 e. The van der Waals surface area contributed by atoms with Crippen LogP contribution in [-0.2, 0) is 12.8 Å². The van der Waals surface area contributed by atoms with Crippen molar-refractivity contribution in [1.29, 1.82) is 0 Å². The molecule has 7 heteroatoms. The molecule has 31 heavy (non-hydrogen) atoms. The summed E-state index contributed by atoms with van der Waals surface area (Å²) in [5.41, 5.74) is 4.52. The second-order valence-electron chi connectivity index (χ2n) is 7.17. The SMILES string of the molecule is CNc1scc(C2CCc3ccccc3C2)c1C(=O)O.COc1ccc(C=O)cc1F. The zero-order chi connectivity index (χ0) is 22.4. The van der Waals surface area contributed by atoms with Crippen molar-refractivity contribution < 1.29 is 23.8 Å². The summed E-state index contributed by atoms with van der Waals surface area (Å²) < 4.78 is 17.4. The highest BCUT2D eigenvalue weighted by Gasteiger charge is 2.27. The molecule has 0 amide bonds. The molecule has 1 atom stereocenters. The first-order valence-electron chi connectivity index (χ1n) is 9.86. The number of aryl methyl sites for hydroxylation is 1. The number of anilines is 1. The Kier molecular flexibility index (Phi) is 7.41. The molecular formula is C24H24FNO4S. The Balaban J connectivity index is 0.000000210. The van der Waals surface area contributed by atoms with Gasteiger partial charge in [-0.3, -0.25) is 4.79 Å². The lowest BCUT2D eigenvalue weighted by Gasteiger charge is -2.24. The third-order valence-corrected chi connectivity index (χ3v) is 6.37. The summed E-state index contributed by atoms with van der Waals surface area (Å²) in [7, 11) is 3.15. The van der Waals surface area contributed by atoms with E-state index in [1.807, 2.05) is 5.38 Å². The van der Waals surface area contributed by atoms with Crippen LogP contribution >= 0.6 is 11.3 Å². The average Bonchev–Trinajstić information content (AvgIpc) is 3.23. The molecule has 2 aromatic carbocycles. The van der Waals surface area contributed by atoms with Gasteiger partial charge in [0.1, 0.15) is 11.3 Å². The van der Waals surface area contributed by atoms with E-state index in [4.69, 9.17) is 0 Å². The van der Waals surface area contributed by atoms with Gasteiger partial charge in [-0.2, -0.15) is 0 Å². The number of fused-ring (bicyclic) bond motifs is 1. The van der Waals surface area contributed by atoms with Gasteiger partial charge in [0, 0.05) is 12.6 Å². The van der Waals surface area contributed by atoms with E-state index in [2.05, 4.69) is 34.3 Å². The number of carbonyl (C=O) groups excluding carboxylic acids is 1. The second kappa shape index (κ2) is 10.2. The highest BCUT2D eigenvalue weighted by Crippen LogP contribution is 2.39. The summed E-state index contributed by atoms with van der Waals surface area (Å²) in [6.45, 7) is 0. The van der Waals surface area contributed by atoms with Gasteiger partial charge in [0.05, 0.1) is 12.7 Å². The van der Waals surface area contributed by atoms with Gasteiger partial charge >= 0.3 is 5.97 Å². The van der Waals surface area contributed by atoms with Gasteiger partial charge in [-0.25, -0.2) is 9.18 Å². The number of rotatable bonds is 5. The van der Waals surface area contributed by atoms with Crippen molar-refractivity contribution in [1.82, 2.24) is 0 Å². The molecule has 1 unspecified atom stereocenters. The minimum absolute atomic E-state index is 0.149. The quantitative estimate of drug-likeness (QED) is 0.518. The molecule has 162 valence electrons. The van der Waals surface area contributed by atoms with Gasteiger partial charge in [0.25, 0.3) is 0 Å². The van der Waals surface area contributed by atoms with Crippen molar-refractivity contribution in [3.8, 4) is 5.75 Å². The summed E-state index contributed by atoms with van der Waals surface area (Å²) in [5, 5.41) is 15.2. The number of benzene rings is 2. The summed E-state index contributed by atoms with van der Waals surface area (Å²) in [4.78, 5) is 21.7. The monoisotopic (exact) mass is 441 g/mol. The Bertz CT molecular complexity index is 1080. The molecule has 0 saturated heterocycles. The number of hydrogen-bond donors (Lipinski definition) is 2. The molecule has 1 aromatic heterocycles. The lowest BCUT2D eigenvalue weighted by molar-refractivity contribution is 0.0696. The first-order chi connectivity index (χ1) is 15.0. The number of carbonyl (C=O) groups is 2. The first-order valence-corrected chi connectivity index (χ1v) is 10.7. The van der Waals surface area contributed by atoms with Crippen LogP contribution in [0.1, 0.15) is 49.7 Å². The van der Waals surface area contributed by atoms with E-state index in [-0.39, 0.29) is 5.75 Å². The zero-order valence-electron chi connectivity index (χ0n) is 17.4. The fraction of sp³-hybridized carbons (Fsp3) is 0.250. The smallest absolute Gasteiger partial charge is 0.338 e. The van der Waals surface area contributed by atoms with E-state index in [1.54, 1.807) is 7.05 Å². The van der Waals surface area contributed by atoms with Crippen LogP contribution in [0.15, 0.2) is 47.8 Å². The summed E-state index contributed by atoms with van der Waals surface area (Å²) in [5.74, 6) is -0.883. The fourth-order valence-electron chi connectivity index (χ4n) is 3.80. The van der Waals surface area contributed by atoms with Crippen molar-refractivity contribution in [2.24, 2.45) is 0 Å². The number of nitrogens with one attached hydrogen (secondary N) is 1. The van der Waals surface area contributed by atoms with Crippen LogP contribution in [0.3, 0.4) is 0 Å². The number of ether oxygens (including phenoxy) is 1. The van der Waals surface area contributed by atoms with Crippen molar-refractivity contribution in [2.45, 2.75) is 25.2 Å². The number of aromatic carboxylic acids is 1. The maximum absolute atomic E-state index is 12.8. The van der Waals surface area contributed by atoms with Crippen molar-refractivity contribution in [3.63, 3.8) is 0 Å². The third-order valence-electron chi connectivity index (χ3n) is 5.36. The van der Waals surface area contributed by atoms with Crippen LogP contribution in [0.4, 0.5) is 9.39 Å². The number of halogens is 1. The van der Waals surface area contributed by atoms with Crippen LogP contribution in [0.2, 0.25) is 0 Å². The predicted molar refractivity (Wildman–Crippen MR) is 120 cm³/mol. The molecule has 4 rings (SSSR count). The number of carboxylic acids is 1. The zero-order valence-corrected chi connectivity index (χ0v) is 18.2. The molecule has 2 N–H and O–H groups in total. The molecule has 0 aliphatic heterocycles. The van der Waals surface area contributed by atoms with Crippen molar-refractivity contribution in [3.05, 3.63) is 81.5 Å². The Hall–Kier alpha value is -3.19. The second-order valence-corrected chi connectivity index (χ2v) is 8.05. The van der Waals surface area contributed by atoms with Gasteiger partial charge in [0.2, 0.25) is 0 Å². The molecule has 1 aliphatic carbocycles. The Labute approximate surface area is 184 Å². The molecule has 0 radical (unpaired) electrons. The molecule has 5 nitrogen and oxygen atoms in total. The van der Waals surface area contributed by atoms with Crippen molar-refractivity contribution >= 4 is 28.6 Å². The lowest BCUT2D eigenvalue weighted by Crippen LogP contribution is -2.15. The molecule has 1 aliphatic rings. The predicted octanol–water partition coefficient (Wildman–Crippen LogP) is 5.41. The number of hydrogen-bond acceptors (Lipinski definition) is 5. The largest absolute Gasteiger partial charge is 0.494 e. The van der Waals surface area contributed by atoms with Crippen molar-refractivity contribution in [2.75, 3.05) is 19.5 Å². The molecule has 1 heterocycles. The average molecular weight is 442 g/mol. The topological polar surface area (TPSA) is 75.6 Å². The maximum atomic E-state index is 12.8. The molecular weight excluding hydrogens is 417 g/mol. The van der Waals surface area contributed by atoms with E-state index in [1.165, 1.54) is 41.7 Å². The summed E-state index contributed by atoms with van der Waals surface area (Å²) in [6.07, 6.45) is 3.58. The van der Waals surface area contributed by atoms with Crippen LogP contribution in [-0.4, -0.2) is 31.5 Å². The molecule has 0 fully saturated rings. The number of carboxylic acid groups (broad SMARTS) is 1. The highest BCUT2D eigenvalue weighted by molar-refractivity contribution is 7.14. The highest BCUT2D eigenvalue weighted by atomic mass is 32.1. The Morgan fingerprint density at radius 1 is 1.26 bits per heavy atom. The van der Waals surface area contributed by atoms with Crippen LogP contribution in [0.5, 0.6) is 5.75 Å². The number of methoxy groups -OCH3 is 1. The fourth-order valence-corrected chi connectivity index (χ4v) is 4.79. The van der Waals surface area contributed by atoms with Crippen LogP contribution in [0, 0.1) is 5.82 Å². The molecule has 3 aromatic rings. The van der Waals surface area contributed by atoms with Crippen LogP contribution < -0.4 is 10.1 Å². The van der Waals surface area contributed by atoms with Crippen LogP contribution in [0.25, 0.3) is 0 Å². The van der Waals surface area contributed by atoms with E-state index >= 15 is 0 Å². The van der Waals surface area contributed by atoms with Gasteiger partial charge in [-0.1, -0.05) is 24.3 Å². The number of thiophene rings is 1. The van der Waals surface area contributed by atoms with E-state index in [9.17, 15) is 19.1 Å². The van der Waals surface area contributed by atoms with Gasteiger partial charge in [0.15, 0.2) is 11.6 Å². The summed E-state index contributed by atoms with van der Waals surface area (Å²) >= 11 is 1.49.